The summed E-state index contributed by atoms with van der Waals surface area (Å²) in [6.07, 6.45) is -0.0110. The van der Waals surface area contributed by atoms with Crippen LogP contribution in [-0.2, 0) is 4.74 Å². The molecule has 2 aliphatic rings. The van der Waals surface area contributed by atoms with E-state index in [2.05, 4.69) is 6.07 Å². The van der Waals surface area contributed by atoms with Gasteiger partial charge >= 0.3 is 6.09 Å². The van der Waals surface area contributed by atoms with Crippen molar-refractivity contribution in [1.29, 1.82) is 5.26 Å². The summed E-state index contributed by atoms with van der Waals surface area (Å²) in [5.41, 5.74) is 0.579. The third-order valence-electron chi connectivity index (χ3n) is 2.91. The SMILES string of the molecule is N#CC1CCOC(=O)N1c1ccc2c(c1)OCO2. The summed E-state index contributed by atoms with van der Waals surface area (Å²) in [5, 5.41) is 9.08. The normalized spacial score (nSPS) is 21.4. The van der Waals surface area contributed by atoms with Gasteiger partial charge in [0.05, 0.1) is 18.4 Å². The highest BCUT2D eigenvalue weighted by Gasteiger charge is 2.32. The Labute approximate surface area is 103 Å². The molecular formula is C12H10N2O4. The van der Waals surface area contributed by atoms with Gasteiger partial charge in [0.25, 0.3) is 0 Å². The van der Waals surface area contributed by atoms with Crippen LogP contribution in [0.1, 0.15) is 6.42 Å². The number of hydrogen-bond acceptors (Lipinski definition) is 5. The van der Waals surface area contributed by atoms with Crippen LogP contribution in [0, 0.1) is 11.3 Å². The van der Waals surface area contributed by atoms with Crippen molar-refractivity contribution in [3.05, 3.63) is 18.2 Å². The molecule has 0 bridgehead atoms. The van der Waals surface area contributed by atoms with Crippen LogP contribution in [-0.4, -0.2) is 25.5 Å². The number of rotatable bonds is 1. The molecule has 0 spiro atoms. The molecule has 1 fully saturated rings. The monoisotopic (exact) mass is 246 g/mol. The van der Waals surface area contributed by atoms with E-state index in [4.69, 9.17) is 19.5 Å². The molecule has 92 valence electrons. The van der Waals surface area contributed by atoms with Gasteiger partial charge in [-0.3, -0.25) is 4.90 Å². The summed E-state index contributed by atoms with van der Waals surface area (Å²) >= 11 is 0. The van der Waals surface area contributed by atoms with Crippen LogP contribution < -0.4 is 14.4 Å². The number of nitriles is 1. The smallest absolute Gasteiger partial charge is 0.415 e. The number of fused-ring (bicyclic) bond motifs is 1. The first-order valence-corrected chi connectivity index (χ1v) is 5.55. The van der Waals surface area contributed by atoms with Gasteiger partial charge in [0.2, 0.25) is 6.79 Å². The minimum atomic E-state index is -0.508. The van der Waals surface area contributed by atoms with Crippen molar-refractivity contribution in [1.82, 2.24) is 0 Å². The molecule has 6 heteroatoms. The van der Waals surface area contributed by atoms with Gasteiger partial charge in [-0.25, -0.2) is 4.79 Å². The lowest BCUT2D eigenvalue weighted by Crippen LogP contribution is -2.45. The van der Waals surface area contributed by atoms with E-state index < -0.39 is 12.1 Å². The molecule has 1 aromatic rings. The average Bonchev–Trinajstić information content (AvgIpc) is 2.85. The zero-order chi connectivity index (χ0) is 12.5. The van der Waals surface area contributed by atoms with Gasteiger partial charge in [-0.05, 0) is 12.1 Å². The lowest BCUT2D eigenvalue weighted by molar-refractivity contribution is 0.134. The van der Waals surface area contributed by atoms with E-state index in [0.29, 0.717) is 23.6 Å². The second kappa shape index (κ2) is 4.11. The average molecular weight is 246 g/mol. The summed E-state index contributed by atoms with van der Waals surface area (Å²) < 4.78 is 15.4. The van der Waals surface area contributed by atoms with E-state index in [1.54, 1.807) is 18.2 Å². The van der Waals surface area contributed by atoms with Crippen LogP contribution in [0.2, 0.25) is 0 Å². The van der Waals surface area contributed by atoms with Gasteiger partial charge in [-0.15, -0.1) is 0 Å². The minimum Gasteiger partial charge on any atom is -0.454 e. The van der Waals surface area contributed by atoms with Gasteiger partial charge < -0.3 is 14.2 Å². The molecular weight excluding hydrogens is 236 g/mol. The topological polar surface area (TPSA) is 71.8 Å². The Morgan fingerprint density at radius 3 is 2.94 bits per heavy atom. The molecule has 1 saturated heterocycles. The molecule has 0 saturated carbocycles. The van der Waals surface area contributed by atoms with Gasteiger partial charge in [0.15, 0.2) is 11.5 Å². The molecule has 2 heterocycles. The maximum absolute atomic E-state index is 11.7. The fourth-order valence-electron chi connectivity index (χ4n) is 2.03. The highest BCUT2D eigenvalue weighted by Crippen LogP contribution is 2.36. The van der Waals surface area contributed by atoms with E-state index in [-0.39, 0.29) is 13.4 Å². The summed E-state index contributed by atoms with van der Waals surface area (Å²) in [4.78, 5) is 13.1. The summed E-state index contributed by atoms with van der Waals surface area (Å²) in [6, 6.07) is 6.70. The standard InChI is InChI=1S/C12H10N2O4/c13-6-9-3-4-16-12(15)14(9)8-1-2-10-11(5-8)18-7-17-10/h1-2,5,9H,3-4,7H2. The quantitative estimate of drug-likeness (QED) is 0.753. The van der Waals surface area contributed by atoms with Gasteiger partial charge in [0, 0.05) is 12.5 Å². The summed E-state index contributed by atoms with van der Waals surface area (Å²) in [5.74, 6) is 1.21. The van der Waals surface area contributed by atoms with E-state index in [1.807, 2.05) is 0 Å². The number of amides is 1. The van der Waals surface area contributed by atoms with E-state index in [1.165, 1.54) is 4.90 Å². The van der Waals surface area contributed by atoms with Gasteiger partial charge in [-0.1, -0.05) is 0 Å². The first-order chi connectivity index (χ1) is 8.79. The fourth-order valence-corrected chi connectivity index (χ4v) is 2.03. The number of hydrogen-bond donors (Lipinski definition) is 0. The van der Waals surface area contributed by atoms with Crippen LogP contribution in [0.25, 0.3) is 0 Å². The summed E-state index contributed by atoms with van der Waals surface area (Å²) in [6.45, 7) is 0.447. The van der Waals surface area contributed by atoms with Crippen LogP contribution in [0.5, 0.6) is 11.5 Å². The Hall–Kier alpha value is -2.42. The lowest BCUT2D eigenvalue weighted by Gasteiger charge is -2.30. The van der Waals surface area contributed by atoms with Crippen molar-refractivity contribution >= 4 is 11.8 Å². The molecule has 0 radical (unpaired) electrons. The number of nitrogens with zero attached hydrogens (tertiary/aromatic N) is 2. The highest BCUT2D eigenvalue weighted by atomic mass is 16.7. The number of benzene rings is 1. The number of carbonyl (C=O) groups is 1. The Morgan fingerprint density at radius 1 is 1.28 bits per heavy atom. The second-order valence-electron chi connectivity index (χ2n) is 3.96. The summed E-state index contributed by atoms with van der Waals surface area (Å²) in [7, 11) is 0. The molecule has 0 N–H and O–H groups in total. The fraction of sp³-hybridized carbons (Fsp3) is 0.333. The van der Waals surface area contributed by atoms with E-state index in [0.717, 1.165) is 0 Å². The number of anilines is 1. The molecule has 1 unspecified atom stereocenters. The van der Waals surface area contributed by atoms with E-state index >= 15 is 0 Å². The molecule has 1 aromatic carbocycles. The van der Waals surface area contributed by atoms with Crippen molar-refractivity contribution in [2.24, 2.45) is 0 Å². The maximum atomic E-state index is 11.7. The molecule has 1 amide bonds. The zero-order valence-electron chi connectivity index (χ0n) is 9.46. The Morgan fingerprint density at radius 2 is 2.11 bits per heavy atom. The van der Waals surface area contributed by atoms with Crippen molar-refractivity contribution in [3.8, 4) is 17.6 Å². The predicted molar refractivity (Wildman–Crippen MR) is 60.4 cm³/mol. The van der Waals surface area contributed by atoms with Crippen LogP contribution >= 0.6 is 0 Å². The largest absolute Gasteiger partial charge is 0.454 e. The number of carbonyl (C=O) groups excluding carboxylic acids is 1. The van der Waals surface area contributed by atoms with Gasteiger partial charge in [0.1, 0.15) is 6.04 Å². The molecule has 1 atom stereocenters. The van der Waals surface area contributed by atoms with Crippen molar-refractivity contribution in [3.63, 3.8) is 0 Å². The van der Waals surface area contributed by atoms with Crippen molar-refractivity contribution < 1.29 is 19.0 Å². The Bertz CT molecular complexity index is 537. The minimum absolute atomic E-state index is 0.172. The molecule has 0 aromatic heterocycles. The van der Waals surface area contributed by atoms with Gasteiger partial charge in [-0.2, -0.15) is 5.26 Å². The zero-order valence-corrected chi connectivity index (χ0v) is 9.46. The van der Waals surface area contributed by atoms with E-state index in [9.17, 15) is 4.79 Å². The van der Waals surface area contributed by atoms with Crippen molar-refractivity contribution in [2.45, 2.75) is 12.5 Å². The first kappa shape index (κ1) is 10.7. The van der Waals surface area contributed by atoms with Crippen LogP contribution in [0.3, 0.4) is 0 Å². The molecule has 3 rings (SSSR count). The van der Waals surface area contributed by atoms with Crippen molar-refractivity contribution in [2.75, 3.05) is 18.3 Å². The maximum Gasteiger partial charge on any atom is 0.415 e. The van der Waals surface area contributed by atoms with Crippen LogP contribution in [0.15, 0.2) is 18.2 Å². The third-order valence-corrected chi connectivity index (χ3v) is 2.91. The number of cyclic esters (lactones) is 1. The predicted octanol–water partition coefficient (Wildman–Crippen LogP) is 1.65. The molecule has 0 aliphatic carbocycles. The Balaban J connectivity index is 1.97. The lowest BCUT2D eigenvalue weighted by atomic mass is 10.1. The molecule has 6 nitrogen and oxygen atoms in total. The van der Waals surface area contributed by atoms with Crippen LogP contribution in [0.4, 0.5) is 10.5 Å². The Kier molecular flexibility index (Phi) is 2.45. The molecule has 18 heavy (non-hydrogen) atoms. The molecule has 2 aliphatic heterocycles. The third kappa shape index (κ3) is 1.61. The highest BCUT2D eigenvalue weighted by molar-refractivity contribution is 5.90. The first-order valence-electron chi connectivity index (χ1n) is 5.55. The second-order valence-corrected chi connectivity index (χ2v) is 3.96. The number of ether oxygens (including phenoxy) is 3.